The van der Waals surface area contributed by atoms with Gasteiger partial charge in [-0.1, -0.05) is 30.3 Å². The lowest BCUT2D eigenvalue weighted by Gasteiger charge is -2.32. The molecule has 5 rings (SSSR count). The monoisotopic (exact) mass is 475 g/mol. The third kappa shape index (κ3) is 4.47. The van der Waals surface area contributed by atoms with E-state index in [4.69, 9.17) is 15.5 Å². The fourth-order valence-electron chi connectivity index (χ4n) is 4.23. The number of para-hydroxylation sites is 1. The summed E-state index contributed by atoms with van der Waals surface area (Å²) < 4.78 is 20.7. The Labute approximate surface area is 201 Å². The number of anilines is 2. The van der Waals surface area contributed by atoms with Crippen LogP contribution >= 0.6 is 0 Å². The maximum Gasteiger partial charge on any atom is 0.276 e. The van der Waals surface area contributed by atoms with E-state index in [1.54, 1.807) is 36.1 Å². The van der Waals surface area contributed by atoms with Gasteiger partial charge in [-0.3, -0.25) is 9.80 Å². The lowest BCUT2D eigenvalue weighted by Crippen LogP contribution is -2.47. The average molecular weight is 476 g/mol. The summed E-state index contributed by atoms with van der Waals surface area (Å²) in [6, 6.07) is 15.3. The van der Waals surface area contributed by atoms with Gasteiger partial charge >= 0.3 is 0 Å². The first-order valence-corrected chi connectivity index (χ1v) is 11.3. The first kappa shape index (κ1) is 22.6. The van der Waals surface area contributed by atoms with Gasteiger partial charge in [-0.25, -0.2) is 19.0 Å². The van der Waals surface area contributed by atoms with Crippen LogP contribution in [0, 0.1) is 5.82 Å². The molecule has 0 unspecified atom stereocenters. The van der Waals surface area contributed by atoms with Crippen molar-refractivity contribution >= 4 is 11.6 Å². The first-order valence-electron chi connectivity index (χ1n) is 11.3. The third-order valence-corrected chi connectivity index (χ3v) is 6.01. The topological polar surface area (TPSA) is 103 Å². The number of hydrogen-bond acceptors (Lipinski definition) is 7. The van der Waals surface area contributed by atoms with Crippen molar-refractivity contribution in [1.82, 2.24) is 19.4 Å². The van der Waals surface area contributed by atoms with Crippen LogP contribution in [0.1, 0.15) is 5.56 Å². The van der Waals surface area contributed by atoms with E-state index in [1.807, 2.05) is 34.1 Å². The Morgan fingerprint density at radius 2 is 1.83 bits per heavy atom. The predicted octanol–water partition coefficient (Wildman–Crippen LogP) is 2.61. The van der Waals surface area contributed by atoms with E-state index in [1.165, 1.54) is 12.1 Å². The van der Waals surface area contributed by atoms with E-state index >= 15 is 0 Å². The SMILES string of the molecule is Cn1c(=O)c(-c2ccc(F)cc2)c(-c2ccnc(NCc3ccccc3N)n2)n1N1CCOCC1. The minimum Gasteiger partial charge on any atom is -0.398 e. The molecule has 4 aromatic rings. The highest BCUT2D eigenvalue weighted by Crippen LogP contribution is 2.30. The number of aromatic nitrogens is 4. The van der Waals surface area contributed by atoms with Gasteiger partial charge < -0.3 is 15.8 Å². The molecule has 0 spiro atoms. The molecule has 0 aliphatic carbocycles. The Kier molecular flexibility index (Phi) is 6.19. The van der Waals surface area contributed by atoms with Crippen LogP contribution in [0.15, 0.2) is 65.6 Å². The Balaban J connectivity index is 1.60. The summed E-state index contributed by atoms with van der Waals surface area (Å²) in [5.74, 6) is 0.0362. The molecule has 180 valence electrons. The van der Waals surface area contributed by atoms with Crippen LogP contribution in [-0.4, -0.2) is 45.7 Å². The van der Waals surface area contributed by atoms with Crippen LogP contribution in [0.4, 0.5) is 16.0 Å². The van der Waals surface area contributed by atoms with Gasteiger partial charge in [-0.05, 0) is 35.4 Å². The van der Waals surface area contributed by atoms with Crippen molar-refractivity contribution in [2.75, 3.05) is 42.4 Å². The van der Waals surface area contributed by atoms with Gasteiger partial charge in [-0.15, -0.1) is 0 Å². The number of rotatable bonds is 6. The molecule has 35 heavy (non-hydrogen) atoms. The molecule has 0 amide bonds. The highest BCUT2D eigenvalue weighted by atomic mass is 19.1. The Morgan fingerprint density at radius 3 is 2.57 bits per heavy atom. The minimum absolute atomic E-state index is 0.205. The fourth-order valence-corrected chi connectivity index (χ4v) is 4.23. The summed E-state index contributed by atoms with van der Waals surface area (Å²) in [7, 11) is 1.72. The molecule has 1 aliphatic heterocycles. The first-order chi connectivity index (χ1) is 17.0. The van der Waals surface area contributed by atoms with Gasteiger partial charge in [-0.2, -0.15) is 4.79 Å². The van der Waals surface area contributed by atoms with Crippen molar-refractivity contribution in [3.63, 3.8) is 0 Å². The van der Waals surface area contributed by atoms with E-state index in [9.17, 15) is 9.18 Å². The smallest absolute Gasteiger partial charge is 0.276 e. The van der Waals surface area contributed by atoms with Crippen LogP contribution < -0.4 is 21.6 Å². The summed E-state index contributed by atoms with van der Waals surface area (Å²) in [5.41, 5.74) is 9.68. The van der Waals surface area contributed by atoms with Crippen molar-refractivity contribution in [2.24, 2.45) is 7.05 Å². The van der Waals surface area contributed by atoms with Gasteiger partial charge in [0, 0.05) is 25.5 Å². The zero-order chi connectivity index (χ0) is 24.4. The second-order valence-electron chi connectivity index (χ2n) is 8.23. The lowest BCUT2D eigenvalue weighted by atomic mass is 10.0. The Morgan fingerprint density at radius 1 is 1.09 bits per heavy atom. The number of hydrogen-bond donors (Lipinski definition) is 2. The van der Waals surface area contributed by atoms with Crippen LogP contribution in [0.25, 0.3) is 22.5 Å². The number of nitrogens with zero attached hydrogens (tertiary/aromatic N) is 5. The standard InChI is InChI=1S/C25H26FN7O2/c1-31-24(34)22(17-6-8-19(26)9-7-17)23(33(31)32-12-14-35-15-13-32)21-10-11-28-25(30-21)29-16-18-4-2-3-5-20(18)27/h2-11H,12-16,27H2,1H3,(H,28,29,30). The molecular formula is C25H26FN7O2. The number of nitrogens with two attached hydrogens (primary N) is 1. The molecule has 1 aliphatic rings. The molecule has 0 saturated carbocycles. The van der Waals surface area contributed by atoms with E-state index < -0.39 is 0 Å². The van der Waals surface area contributed by atoms with Crippen LogP contribution in [0.2, 0.25) is 0 Å². The molecule has 1 saturated heterocycles. The number of morpholine rings is 1. The number of halogens is 1. The summed E-state index contributed by atoms with van der Waals surface area (Å²) in [5, 5.41) is 5.27. The maximum atomic E-state index is 13.7. The molecule has 10 heteroatoms. The van der Waals surface area contributed by atoms with Crippen molar-refractivity contribution in [2.45, 2.75) is 6.54 Å². The van der Waals surface area contributed by atoms with E-state index in [0.29, 0.717) is 67.0 Å². The molecule has 0 atom stereocenters. The van der Waals surface area contributed by atoms with E-state index in [0.717, 1.165) is 5.56 Å². The van der Waals surface area contributed by atoms with Crippen molar-refractivity contribution in [3.05, 3.63) is 82.5 Å². The highest BCUT2D eigenvalue weighted by Gasteiger charge is 2.26. The normalized spacial score (nSPS) is 13.7. The number of benzene rings is 2. The molecule has 3 N–H and O–H groups in total. The lowest BCUT2D eigenvalue weighted by molar-refractivity contribution is 0.107. The van der Waals surface area contributed by atoms with Crippen molar-refractivity contribution < 1.29 is 9.13 Å². The predicted molar refractivity (Wildman–Crippen MR) is 133 cm³/mol. The zero-order valence-electron chi connectivity index (χ0n) is 19.3. The van der Waals surface area contributed by atoms with Gasteiger partial charge in [0.2, 0.25) is 5.95 Å². The summed E-state index contributed by atoms with van der Waals surface area (Å²) >= 11 is 0. The van der Waals surface area contributed by atoms with Crippen molar-refractivity contribution in [1.29, 1.82) is 0 Å². The summed E-state index contributed by atoms with van der Waals surface area (Å²) in [4.78, 5) is 24.4. The second kappa shape index (κ2) is 9.59. The number of nitrogen functional groups attached to an aromatic ring is 1. The molecule has 1 fully saturated rings. The molecule has 0 radical (unpaired) electrons. The highest BCUT2D eigenvalue weighted by molar-refractivity contribution is 5.79. The van der Waals surface area contributed by atoms with E-state index in [2.05, 4.69) is 10.3 Å². The molecule has 2 aromatic heterocycles. The minimum atomic E-state index is -0.367. The van der Waals surface area contributed by atoms with Crippen LogP contribution in [-0.2, 0) is 18.3 Å². The van der Waals surface area contributed by atoms with Gasteiger partial charge in [0.1, 0.15) is 11.5 Å². The summed E-state index contributed by atoms with van der Waals surface area (Å²) in [6.07, 6.45) is 1.65. The molecule has 0 bridgehead atoms. The molecule has 9 nitrogen and oxygen atoms in total. The van der Waals surface area contributed by atoms with Crippen LogP contribution in [0.3, 0.4) is 0 Å². The summed E-state index contributed by atoms with van der Waals surface area (Å²) in [6.45, 7) is 2.77. The molecule has 3 heterocycles. The average Bonchev–Trinajstić information content (AvgIpc) is 3.15. The third-order valence-electron chi connectivity index (χ3n) is 6.01. The maximum absolute atomic E-state index is 13.7. The molecular weight excluding hydrogens is 449 g/mol. The van der Waals surface area contributed by atoms with Gasteiger partial charge in [0.05, 0.1) is 37.6 Å². The van der Waals surface area contributed by atoms with Gasteiger partial charge in [0.15, 0.2) is 0 Å². The van der Waals surface area contributed by atoms with Gasteiger partial charge in [0.25, 0.3) is 5.56 Å². The molecule has 2 aromatic carbocycles. The zero-order valence-corrected chi connectivity index (χ0v) is 19.3. The number of nitrogens with one attached hydrogen (secondary N) is 1. The largest absolute Gasteiger partial charge is 0.398 e. The van der Waals surface area contributed by atoms with Crippen molar-refractivity contribution in [3.8, 4) is 22.5 Å². The Bertz CT molecular complexity index is 1390. The second-order valence-corrected chi connectivity index (χ2v) is 8.23. The van der Waals surface area contributed by atoms with E-state index in [-0.39, 0.29) is 11.4 Å². The fraction of sp³-hybridized carbons (Fsp3) is 0.240. The Hall–Kier alpha value is -4.18. The van der Waals surface area contributed by atoms with Crippen LogP contribution in [0.5, 0.6) is 0 Å². The number of ether oxygens (including phenoxy) is 1. The quantitative estimate of drug-likeness (QED) is 0.413.